The van der Waals surface area contributed by atoms with Gasteiger partial charge in [0.15, 0.2) is 6.29 Å². The van der Waals surface area contributed by atoms with Crippen LogP contribution in [0, 0.1) is 5.82 Å². The number of piperazine rings is 1. The van der Waals surface area contributed by atoms with Gasteiger partial charge in [-0.15, -0.1) is 0 Å². The van der Waals surface area contributed by atoms with Crippen molar-refractivity contribution >= 4 is 12.0 Å². The highest BCUT2D eigenvalue weighted by Gasteiger charge is 2.23. The lowest BCUT2D eigenvalue weighted by Crippen LogP contribution is -2.50. The molecule has 0 aliphatic carbocycles. The molecule has 1 aliphatic rings. The van der Waals surface area contributed by atoms with E-state index < -0.39 is 0 Å². The van der Waals surface area contributed by atoms with Crippen molar-refractivity contribution in [1.29, 1.82) is 0 Å². The highest BCUT2D eigenvalue weighted by Crippen LogP contribution is 2.24. The van der Waals surface area contributed by atoms with E-state index in [2.05, 4.69) is 23.8 Å². The third-order valence-corrected chi connectivity index (χ3v) is 3.26. The Balaban J connectivity index is 2.30. The van der Waals surface area contributed by atoms with E-state index in [4.69, 9.17) is 0 Å². The summed E-state index contributed by atoms with van der Waals surface area (Å²) in [5.41, 5.74) is 1.27. The smallest absolute Gasteiger partial charge is 0.152 e. The first-order valence-electron chi connectivity index (χ1n) is 5.81. The van der Waals surface area contributed by atoms with E-state index in [1.807, 2.05) is 0 Å². The number of carbonyl (C=O) groups excluding carboxylic acids is 1. The number of hydrogen-bond donors (Lipinski definition) is 0. The van der Waals surface area contributed by atoms with E-state index in [-0.39, 0.29) is 5.82 Å². The largest absolute Gasteiger partial charge is 0.366 e. The fourth-order valence-electron chi connectivity index (χ4n) is 2.38. The Bertz CT molecular complexity index is 422. The first kappa shape index (κ1) is 12.0. The van der Waals surface area contributed by atoms with Crippen LogP contribution in [0.15, 0.2) is 18.2 Å². The maximum absolute atomic E-state index is 13.1. The van der Waals surface area contributed by atoms with Gasteiger partial charge in [0.1, 0.15) is 5.82 Å². The van der Waals surface area contributed by atoms with Gasteiger partial charge in [-0.1, -0.05) is 0 Å². The van der Waals surface area contributed by atoms with E-state index in [1.165, 1.54) is 12.1 Å². The number of halogens is 1. The molecule has 4 heteroatoms. The number of hydrogen-bond acceptors (Lipinski definition) is 3. The van der Waals surface area contributed by atoms with Crippen LogP contribution in [0.3, 0.4) is 0 Å². The molecule has 1 saturated heterocycles. The van der Waals surface area contributed by atoms with Crippen LogP contribution in [-0.2, 0) is 0 Å². The van der Waals surface area contributed by atoms with E-state index >= 15 is 0 Å². The van der Waals surface area contributed by atoms with Crippen molar-refractivity contribution in [3.63, 3.8) is 0 Å². The molecule has 1 aromatic carbocycles. The van der Waals surface area contributed by atoms with Crippen LogP contribution in [0.4, 0.5) is 10.1 Å². The van der Waals surface area contributed by atoms with Crippen LogP contribution >= 0.6 is 0 Å². The lowest BCUT2D eigenvalue weighted by Gasteiger charge is -2.40. The average molecular weight is 236 g/mol. The second kappa shape index (κ2) is 4.84. The molecule has 0 N–H and O–H groups in total. The molecule has 1 aliphatic heterocycles. The van der Waals surface area contributed by atoms with Gasteiger partial charge in [0.25, 0.3) is 0 Å². The van der Waals surface area contributed by atoms with Crippen LogP contribution in [0.2, 0.25) is 0 Å². The van der Waals surface area contributed by atoms with Crippen molar-refractivity contribution in [2.24, 2.45) is 0 Å². The summed E-state index contributed by atoms with van der Waals surface area (Å²) in [6.07, 6.45) is 0.726. The molecule has 0 radical (unpaired) electrons. The molecule has 0 amide bonds. The molecule has 0 saturated carbocycles. The fourth-order valence-corrected chi connectivity index (χ4v) is 2.38. The van der Waals surface area contributed by atoms with Gasteiger partial charge in [0, 0.05) is 36.9 Å². The Morgan fingerprint density at radius 2 is 2.18 bits per heavy atom. The van der Waals surface area contributed by atoms with Crippen LogP contribution in [0.25, 0.3) is 0 Å². The Kier molecular flexibility index (Phi) is 3.43. The number of carbonyl (C=O) groups is 1. The van der Waals surface area contributed by atoms with Gasteiger partial charge < -0.3 is 9.80 Å². The van der Waals surface area contributed by atoms with Gasteiger partial charge in [-0.25, -0.2) is 4.39 Å². The molecule has 17 heavy (non-hydrogen) atoms. The summed E-state index contributed by atoms with van der Waals surface area (Å²) in [4.78, 5) is 15.4. The third kappa shape index (κ3) is 2.47. The number of likely N-dealkylation sites (N-methyl/N-ethyl adjacent to an activating group) is 1. The number of rotatable bonds is 2. The molecule has 1 heterocycles. The normalized spacial score (nSPS) is 21.6. The summed E-state index contributed by atoms with van der Waals surface area (Å²) in [6.45, 7) is 4.90. The molecule has 2 rings (SSSR count). The predicted molar refractivity (Wildman–Crippen MR) is 66.1 cm³/mol. The Hall–Kier alpha value is -1.42. The first-order chi connectivity index (χ1) is 8.11. The highest BCUT2D eigenvalue weighted by molar-refractivity contribution is 5.84. The topological polar surface area (TPSA) is 23.6 Å². The van der Waals surface area contributed by atoms with Crippen molar-refractivity contribution in [2.45, 2.75) is 13.0 Å². The Morgan fingerprint density at radius 1 is 1.41 bits per heavy atom. The minimum absolute atomic E-state index is 0.331. The molecule has 1 unspecified atom stereocenters. The molecular formula is C13H17FN2O. The predicted octanol–water partition coefficient (Wildman–Crippen LogP) is 1.78. The van der Waals surface area contributed by atoms with Crippen molar-refractivity contribution < 1.29 is 9.18 Å². The average Bonchev–Trinajstić information content (AvgIpc) is 2.30. The van der Waals surface area contributed by atoms with Crippen molar-refractivity contribution in [2.75, 3.05) is 31.6 Å². The fraction of sp³-hybridized carbons (Fsp3) is 0.462. The van der Waals surface area contributed by atoms with Gasteiger partial charge in [0.05, 0.1) is 0 Å². The van der Waals surface area contributed by atoms with E-state index in [9.17, 15) is 9.18 Å². The van der Waals surface area contributed by atoms with Gasteiger partial charge in [-0.05, 0) is 32.2 Å². The molecule has 0 bridgehead atoms. The van der Waals surface area contributed by atoms with Gasteiger partial charge in [-0.3, -0.25) is 4.79 Å². The standard InChI is InChI=1S/C13H17FN2O/c1-10-8-15(2)5-6-16(10)13-4-3-12(14)7-11(13)9-17/h3-4,7,9-10H,5-6,8H2,1-2H3. The molecule has 3 nitrogen and oxygen atoms in total. The maximum Gasteiger partial charge on any atom is 0.152 e. The minimum atomic E-state index is -0.363. The maximum atomic E-state index is 13.1. The second-order valence-electron chi connectivity index (χ2n) is 4.63. The molecule has 1 aromatic rings. The summed E-state index contributed by atoms with van der Waals surface area (Å²) in [5.74, 6) is -0.363. The third-order valence-electron chi connectivity index (χ3n) is 3.26. The highest BCUT2D eigenvalue weighted by atomic mass is 19.1. The quantitative estimate of drug-likeness (QED) is 0.731. The lowest BCUT2D eigenvalue weighted by molar-refractivity contribution is 0.112. The number of nitrogens with zero attached hydrogens (tertiary/aromatic N) is 2. The SMILES string of the molecule is CC1CN(C)CCN1c1ccc(F)cc1C=O. The minimum Gasteiger partial charge on any atom is -0.366 e. The molecular weight excluding hydrogens is 219 g/mol. The number of benzene rings is 1. The molecule has 92 valence electrons. The van der Waals surface area contributed by atoms with Crippen molar-refractivity contribution in [1.82, 2.24) is 4.90 Å². The summed E-state index contributed by atoms with van der Waals surface area (Å²) in [5, 5.41) is 0. The van der Waals surface area contributed by atoms with Crippen molar-refractivity contribution in [3.8, 4) is 0 Å². The zero-order valence-electron chi connectivity index (χ0n) is 10.2. The van der Waals surface area contributed by atoms with Crippen LogP contribution in [0.1, 0.15) is 17.3 Å². The van der Waals surface area contributed by atoms with Gasteiger partial charge >= 0.3 is 0 Å². The zero-order valence-corrected chi connectivity index (χ0v) is 10.2. The number of anilines is 1. The summed E-state index contributed by atoms with van der Waals surface area (Å²) >= 11 is 0. The van der Waals surface area contributed by atoms with E-state index in [0.717, 1.165) is 31.6 Å². The second-order valence-corrected chi connectivity index (χ2v) is 4.63. The van der Waals surface area contributed by atoms with Gasteiger partial charge in [-0.2, -0.15) is 0 Å². The van der Waals surface area contributed by atoms with Crippen molar-refractivity contribution in [3.05, 3.63) is 29.6 Å². The van der Waals surface area contributed by atoms with E-state index in [1.54, 1.807) is 6.07 Å². The van der Waals surface area contributed by atoms with Crippen LogP contribution in [-0.4, -0.2) is 43.9 Å². The molecule has 0 spiro atoms. The van der Waals surface area contributed by atoms with Crippen LogP contribution in [0.5, 0.6) is 0 Å². The first-order valence-corrected chi connectivity index (χ1v) is 5.81. The molecule has 1 atom stereocenters. The zero-order chi connectivity index (χ0) is 12.4. The van der Waals surface area contributed by atoms with Gasteiger partial charge in [0.2, 0.25) is 0 Å². The summed E-state index contributed by atoms with van der Waals surface area (Å²) in [6, 6.07) is 4.74. The monoisotopic (exact) mass is 236 g/mol. The Labute approximate surface area is 101 Å². The van der Waals surface area contributed by atoms with Crippen LogP contribution < -0.4 is 4.90 Å². The lowest BCUT2D eigenvalue weighted by atomic mass is 10.1. The molecule has 1 fully saturated rings. The Morgan fingerprint density at radius 3 is 2.82 bits per heavy atom. The van der Waals surface area contributed by atoms with E-state index in [0.29, 0.717) is 11.6 Å². The summed E-state index contributed by atoms with van der Waals surface area (Å²) in [7, 11) is 2.08. The summed E-state index contributed by atoms with van der Waals surface area (Å²) < 4.78 is 13.1. The number of aldehydes is 1. The molecule has 0 aromatic heterocycles.